The molecule has 2 aromatic carbocycles. The van der Waals surface area contributed by atoms with Gasteiger partial charge in [-0.05, 0) is 35.9 Å². The van der Waals surface area contributed by atoms with Gasteiger partial charge in [0.05, 0.1) is 9.92 Å². The van der Waals surface area contributed by atoms with E-state index in [0.717, 1.165) is 16.6 Å². The van der Waals surface area contributed by atoms with Gasteiger partial charge in [0.15, 0.2) is 21.3 Å². The Bertz CT molecular complexity index is 1070. The molecule has 2 aromatic rings. The van der Waals surface area contributed by atoms with E-state index in [1.807, 2.05) is 0 Å². The Labute approximate surface area is 157 Å². The van der Waals surface area contributed by atoms with Crippen molar-refractivity contribution in [3.05, 3.63) is 47.0 Å². The first-order valence-corrected chi connectivity index (χ1v) is 11.1. The van der Waals surface area contributed by atoms with Gasteiger partial charge in [0, 0.05) is 19.8 Å². The van der Waals surface area contributed by atoms with E-state index < -0.39 is 19.9 Å². The van der Waals surface area contributed by atoms with Crippen LogP contribution in [0.2, 0.25) is 5.02 Å². The molecule has 0 amide bonds. The van der Waals surface area contributed by atoms with Crippen molar-refractivity contribution in [2.75, 3.05) is 20.1 Å². The highest BCUT2D eigenvalue weighted by Crippen LogP contribution is 2.33. The lowest BCUT2D eigenvalue weighted by Crippen LogP contribution is -2.27. The summed E-state index contributed by atoms with van der Waals surface area (Å²) in [6, 6.07) is 8.74. The molecule has 1 aliphatic rings. The Kier molecular flexibility index (Phi) is 4.91. The first kappa shape index (κ1) is 19.0. The number of nitrogens with zero attached hydrogens (tertiary/aromatic N) is 1. The molecule has 1 heterocycles. The molecule has 26 heavy (non-hydrogen) atoms. The second kappa shape index (κ2) is 6.73. The average molecular weight is 418 g/mol. The van der Waals surface area contributed by atoms with Crippen LogP contribution >= 0.6 is 11.6 Å². The molecular weight excluding hydrogens is 402 g/mol. The van der Waals surface area contributed by atoms with Crippen LogP contribution in [0, 0.1) is 0 Å². The summed E-state index contributed by atoms with van der Waals surface area (Å²) in [6.07, 6.45) is 1.00. The summed E-state index contributed by atoms with van der Waals surface area (Å²) in [5.41, 5.74) is 0.690. The number of halogens is 1. The maximum absolute atomic E-state index is 12.9. The molecule has 0 spiro atoms. The Morgan fingerprint density at radius 3 is 2.42 bits per heavy atom. The first-order chi connectivity index (χ1) is 12.1. The molecule has 3 rings (SSSR count). The molecule has 0 aromatic heterocycles. The van der Waals surface area contributed by atoms with E-state index in [4.69, 9.17) is 21.1 Å². The zero-order chi connectivity index (χ0) is 19.1. The van der Waals surface area contributed by atoms with Gasteiger partial charge in [-0.25, -0.2) is 16.8 Å². The van der Waals surface area contributed by atoms with Gasteiger partial charge >= 0.3 is 0 Å². The van der Waals surface area contributed by atoms with E-state index >= 15 is 0 Å². The fourth-order valence-electron chi connectivity index (χ4n) is 2.46. The number of fused-ring (bicyclic) bond motifs is 1. The minimum absolute atomic E-state index is 0.0464. The van der Waals surface area contributed by atoms with Gasteiger partial charge in [-0.1, -0.05) is 17.7 Å². The van der Waals surface area contributed by atoms with Gasteiger partial charge < -0.3 is 9.47 Å². The molecule has 0 unspecified atom stereocenters. The molecular formula is C16H16ClNO6S2. The topological polar surface area (TPSA) is 90.0 Å². The van der Waals surface area contributed by atoms with E-state index in [9.17, 15) is 16.8 Å². The quantitative estimate of drug-likeness (QED) is 0.741. The van der Waals surface area contributed by atoms with Crippen LogP contribution in [0.3, 0.4) is 0 Å². The highest BCUT2D eigenvalue weighted by Gasteiger charge is 2.26. The normalized spacial score (nSPS) is 14.0. The molecule has 0 aliphatic carbocycles. The Balaban J connectivity index is 1.92. The number of rotatable bonds is 5. The molecule has 0 N–H and O–H groups in total. The maximum Gasteiger partial charge on any atom is 0.244 e. The van der Waals surface area contributed by atoms with Crippen LogP contribution in [0.4, 0.5) is 0 Å². The van der Waals surface area contributed by atoms with Crippen molar-refractivity contribution in [3.63, 3.8) is 0 Å². The third-order valence-electron chi connectivity index (χ3n) is 3.86. The predicted octanol–water partition coefficient (Wildman–Crippen LogP) is 2.29. The molecule has 140 valence electrons. The van der Waals surface area contributed by atoms with E-state index in [-0.39, 0.29) is 28.2 Å². The summed E-state index contributed by atoms with van der Waals surface area (Å²) in [5, 5.41) is -0.0464. The molecule has 0 atom stereocenters. The molecule has 0 saturated carbocycles. The third kappa shape index (κ3) is 3.66. The lowest BCUT2D eigenvalue weighted by atomic mass is 10.2. The van der Waals surface area contributed by atoms with Gasteiger partial charge in [0.2, 0.25) is 16.8 Å². The minimum Gasteiger partial charge on any atom is -0.454 e. The largest absolute Gasteiger partial charge is 0.454 e. The van der Waals surface area contributed by atoms with Crippen LogP contribution in [-0.4, -0.2) is 41.2 Å². The van der Waals surface area contributed by atoms with Crippen LogP contribution < -0.4 is 9.47 Å². The van der Waals surface area contributed by atoms with Crippen molar-refractivity contribution in [2.45, 2.75) is 16.3 Å². The number of hydrogen-bond donors (Lipinski definition) is 0. The molecule has 10 heteroatoms. The summed E-state index contributed by atoms with van der Waals surface area (Å²) < 4.78 is 60.8. The molecule has 7 nitrogen and oxygen atoms in total. The molecule has 1 aliphatic heterocycles. The van der Waals surface area contributed by atoms with Gasteiger partial charge in [0.1, 0.15) is 4.90 Å². The Morgan fingerprint density at radius 1 is 1.04 bits per heavy atom. The van der Waals surface area contributed by atoms with Gasteiger partial charge in [-0.15, -0.1) is 0 Å². The second-order valence-corrected chi connectivity index (χ2v) is 10.2. The van der Waals surface area contributed by atoms with Crippen LogP contribution in [0.15, 0.2) is 46.2 Å². The summed E-state index contributed by atoms with van der Waals surface area (Å²) in [5.74, 6) is 1.15. The lowest BCUT2D eigenvalue weighted by molar-refractivity contribution is 0.174. The summed E-state index contributed by atoms with van der Waals surface area (Å²) in [4.78, 5) is -0.373. The van der Waals surface area contributed by atoms with Crippen molar-refractivity contribution in [2.24, 2.45) is 0 Å². The lowest BCUT2D eigenvalue weighted by Gasteiger charge is -2.18. The highest BCUT2D eigenvalue weighted by atomic mass is 35.5. The standard InChI is InChI=1S/C16H16ClNO6S2/c1-18(9-11-3-6-14-15(7-11)24-10-23-14)26(21,22)16-8-12(25(2,19)20)4-5-13(16)17/h3-8H,9-10H2,1-2H3. The van der Waals surface area contributed by atoms with Crippen molar-refractivity contribution >= 4 is 31.5 Å². The van der Waals surface area contributed by atoms with Gasteiger partial charge in [-0.2, -0.15) is 4.31 Å². The number of benzene rings is 2. The zero-order valence-corrected chi connectivity index (χ0v) is 16.4. The zero-order valence-electron chi connectivity index (χ0n) is 14.0. The smallest absolute Gasteiger partial charge is 0.244 e. The van der Waals surface area contributed by atoms with E-state index in [1.165, 1.54) is 19.2 Å². The molecule has 0 saturated heterocycles. The Morgan fingerprint density at radius 2 is 1.73 bits per heavy atom. The SMILES string of the molecule is CN(Cc1ccc2c(c1)OCO2)S(=O)(=O)c1cc(S(C)(=O)=O)ccc1Cl. The average Bonchev–Trinajstić information content (AvgIpc) is 3.01. The van der Waals surface area contributed by atoms with Crippen LogP contribution in [0.1, 0.15) is 5.56 Å². The third-order valence-corrected chi connectivity index (χ3v) is 7.26. The van der Waals surface area contributed by atoms with Crippen molar-refractivity contribution in [1.82, 2.24) is 4.31 Å². The van der Waals surface area contributed by atoms with Crippen LogP contribution in [-0.2, 0) is 26.4 Å². The number of hydrogen-bond acceptors (Lipinski definition) is 6. The Hall–Kier alpha value is -1.81. The number of sulfonamides is 1. The minimum atomic E-state index is -4.00. The molecule has 0 bridgehead atoms. The molecule has 0 fully saturated rings. The second-order valence-electron chi connectivity index (χ2n) is 5.81. The van der Waals surface area contributed by atoms with Crippen molar-refractivity contribution in [1.29, 1.82) is 0 Å². The fraction of sp³-hybridized carbons (Fsp3) is 0.250. The molecule has 0 radical (unpaired) electrons. The summed E-state index contributed by atoms with van der Waals surface area (Å²) in [6.45, 7) is 0.180. The van der Waals surface area contributed by atoms with Gasteiger partial charge in [-0.3, -0.25) is 0 Å². The summed E-state index contributed by atoms with van der Waals surface area (Å²) in [7, 11) is -6.17. The van der Waals surface area contributed by atoms with Crippen molar-refractivity contribution in [3.8, 4) is 11.5 Å². The van der Waals surface area contributed by atoms with Gasteiger partial charge in [0.25, 0.3) is 0 Å². The van der Waals surface area contributed by atoms with Crippen molar-refractivity contribution < 1.29 is 26.3 Å². The van der Waals surface area contributed by atoms with E-state index in [2.05, 4.69) is 0 Å². The number of ether oxygens (including phenoxy) is 2. The van der Waals surface area contributed by atoms with Crippen LogP contribution in [0.5, 0.6) is 11.5 Å². The van der Waals surface area contributed by atoms with E-state index in [0.29, 0.717) is 17.1 Å². The fourth-order valence-corrected chi connectivity index (χ4v) is 4.84. The van der Waals surface area contributed by atoms with E-state index in [1.54, 1.807) is 18.2 Å². The summed E-state index contributed by atoms with van der Waals surface area (Å²) >= 11 is 6.02. The number of sulfone groups is 1. The maximum atomic E-state index is 12.9. The van der Waals surface area contributed by atoms with Crippen LogP contribution in [0.25, 0.3) is 0 Å². The monoisotopic (exact) mass is 417 g/mol. The predicted molar refractivity (Wildman–Crippen MR) is 95.8 cm³/mol. The first-order valence-electron chi connectivity index (χ1n) is 7.43. The highest BCUT2D eigenvalue weighted by molar-refractivity contribution is 7.91.